The Balaban J connectivity index is 1.29. The van der Waals surface area contributed by atoms with E-state index in [0.29, 0.717) is 29.2 Å². The van der Waals surface area contributed by atoms with Crippen LogP contribution in [-0.2, 0) is 6.54 Å². The molecule has 0 aliphatic carbocycles. The van der Waals surface area contributed by atoms with Crippen LogP contribution in [0.1, 0.15) is 37.7 Å². The zero-order valence-corrected chi connectivity index (χ0v) is 18.5. The second-order valence-electron chi connectivity index (χ2n) is 9.55. The molecule has 4 heterocycles. The molecule has 0 radical (unpaired) electrons. The standard InChI is InChI=1S/C27H30N2O3/c30-26-21-11-12-25-22(27(21)31-17-23(26)19-7-2-1-3-8-19)16-28(18-32-25)15-20-9-6-14-29-13-5-4-10-24(20)29/h1-3,7-8,11-12,17,20,24H,4-6,9-10,13-16,18H2/t20-,24-/m0/s1. The van der Waals surface area contributed by atoms with Gasteiger partial charge in [0.15, 0.2) is 0 Å². The van der Waals surface area contributed by atoms with Crippen molar-refractivity contribution in [2.24, 2.45) is 5.92 Å². The first kappa shape index (κ1) is 20.0. The van der Waals surface area contributed by atoms with E-state index < -0.39 is 0 Å². The second-order valence-corrected chi connectivity index (χ2v) is 9.55. The smallest absolute Gasteiger partial charge is 0.200 e. The lowest BCUT2D eigenvalue weighted by Crippen LogP contribution is -2.51. The van der Waals surface area contributed by atoms with Gasteiger partial charge < -0.3 is 14.1 Å². The van der Waals surface area contributed by atoms with E-state index in [0.717, 1.165) is 36.0 Å². The van der Waals surface area contributed by atoms with Crippen molar-refractivity contribution in [1.82, 2.24) is 9.80 Å². The maximum absolute atomic E-state index is 13.3. The maximum Gasteiger partial charge on any atom is 0.200 e. The molecule has 3 aliphatic heterocycles. The quantitative estimate of drug-likeness (QED) is 0.593. The summed E-state index contributed by atoms with van der Waals surface area (Å²) in [5, 5.41) is 0.631. The third-order valence-electron chi connectivity index (χ3n) is 7.59. The van der Waals surface area contributed by atoms with Gasteiger partial charge in [0, 0.05) is 19.1 Å². The number of piperidine rings is 2. The molecule has 2 saturated heterocycles. The van der Waals surface area contributed by atoms with Gasteiger partial charge in [-0.25, -0.2) is 0 Å². The number of benzene rings is 2. The van der Waals surface area contributed by atoms with Crippen LogP contribution >= 0.6 is 0 Å². The summed E-state index contributed by atoms with van der Waals surface area (Å²) in [6.07, 6.45) is 8.24. The molecule has 2 aromatic carbocycles. The van der Waals surface area contributed by atoms with E-state index >= 15 is 0 Å². The Labute approximate surface area is 188 Å². The number of hydrogen-bond acceptors (Lipinski definition) is 5. The van der Waals surface area contributed by atoms with Gasteiger partial charge in [0.05, 0.1) is 16.5 Å². The largest absolute Gasteiger partial charge is 0.478 e. The summed E-state index contributed by atoms with van der Waals surface area (Å²) in [5.74, 6) is 1.54. The van der Waals surface area contributed by atoms with Crippen molar-refractivity contribution in [3.05, 3.63) is 64.5 Å². The van der Waals surface area contributed by atoms with Crippen molar-refractivity contribution in [2.45, 2.75) is 44.7 Å². The zero-order valence-electron chi connectivity index (χ0n) is 18.5. The molecule has 0 spiro atoms. The van der Waals surface area contributed by atoms with E-state index in [-0.39, 0.29) is 5.43 Å². The summed E-state index contributed by atoms with van der Waals surface area (Å²) < 4.78 is 12.2. The van der Waals surface area contributed by atoms with E-state index in [2.05, 4.69) is 9.80 Å². The highest BCUT2D eigenvalue weighted by Gasteiger charge is 2.35. The fourth-order valence-corrected chi connectivity index (χ4v) is 6.01. The van der Waals surface area contributed by atoms with E-state index in [1.54, 1.807) is 6.26 Å². The van der Waals surface area contributed by atoms with Crippen LogP contribution < -0.4 is 10.2 Å². The van der Waals surface area contributed by atoms with Crippen molar-refractivity contribution in [3.8, 4) is 16.9 Å². The first-order valence-corrected chi connectivity index (χ1v) is 12.0. The van der Waals surface area contributed by atoms with Gasteiger partial charge in [-0.2, -0.15) is 0 Å². The van der Waals surface area contributed by atoms with Crippen LogP contribution in [0.15, 0.2) is 57.9 Å². The van der Waals surface area contributed by atoms with Gasteiger partial charge >= 0.3 is 0 Å². The van der Waals surface area contributed by atoms with Crippen molar-refractivity contribution >= 4 is 11.0 Å². The van der Waals surface area contributed by atoms with E-state index in [9.17, 15) is 4.79 Å². The van der Waals surface area contributed by atoms with Gasteiger partial charge in [0.1, 0.15) is 24.3 Å². The van der Waals surface area contributed by atoms with Crippen LogP contribution in [0.2, 0.25) is 0 Å². The van der Waals surface area contributed by atoms with Crippen molar-refractivity contribution in [1.29, 1.82) is 0 Å². The molecule has 0 bridgehead atoms. The van der Waals surface area contributed by atoms with Crippen LogP contribution in [0.4, 0.5) is 0 Å². The van der Waals surface area contributed by atoms with Crippen LogP contribution in [0.25, 0.3) is 22.1 Å². The number of ether oxygens (including phenoxy) is 1. The molecular weight excluding hydrogens is 400 g/mol. The van der Waals surface area contributed by atoms with Gasteiger partial charge in [-0.3, -0.25) is 9.69 Å². The molecule has 3 aliphatic rings. The minimum atomic E-state index is 0.0162. The Morgan fingerprint density at radius 1 is 0.969 bits per heavy atom. The fraction of sp³-hybridized carbons (Fsp3) is 0.444. The lowest BCUT2D eigenvalue weighted by atomic mass is 9.83. The normalized spacial score (nSPS) is 24.0. The Morgan fingerprint density at radius 2 is 1.84 bits per heavy atom. The lowest BCUT2D eigenvalue weighted by molar-refractivity contribution is 0.0146. The Kier molecular flexibility index (Phi) is 5.24. The summed E-state index contributed by atoms with van der Waals surface area (Å²) >= 11 is 0. The minimum absolute atomic E-state index is 0.0162. The first-order valence-electron chi connectivity index (χ1n) is 12.0. The molecule has 2 atom stereocenters. The predicted molar refractivity (Wildman–Crippen MR) is 126 cm³/mol. The fourth-order valence-electron chi connectivity index (χ4n) is 6.01. The third-order valence-corrected chi connectivity index (χ3v) is 7.59. The highest BCUT2D eigenvalue weighted by Crippen LogP contribution is 2.35. The van der Waals surface area contributed by atoms with Gasteiger partial charge in [-0.1, -0.05) is 36.8 Å². The number of fused-ring (bicyclic) bond motifs is 4. The average Bonchev–Trinajstić information content (AvgIpc) is 2.85. The predicted octanol–water partition coefficient (Wildman–Crippen LogP) is 4.88. The highest BCUT2D eigenvalue weighted by molar-refractivity contribution is 5.85. The molecule has 3 aromatic rings. The zero-order chi connectivity index (χ0) is 21.5. The molecule has 0 unspecified atom stereocenters. The average molecular weight is 431 g/mol. The van der Waals surface area contributed by atoms with Crippen molar-refractivity contribution in [2.75, 3.05) is 26.4 Å². The summed E-state index contributed by atoms with van der Waals surface area (Å²) in [6.45, 7) is 4.95. The monoisotopic (exact) mass is 430 g/mol. The third kappa shape index (κ3) is 3.54. The molecule has 32 heavy (non-hydrogen) atoms. The molecule has 166 valence electrons. The number of hydrogen-bond donors (Lipinski definition) is 0. The van der Waals surface area contributed by atoms with Crippen LogP contribution in [0.5, 0.6) is 5.75 Å². The maximum atomic E-state index is 13.3. The summed E-state index contributed by atoms with van der Waals surface area (Å²) in [5.41, 5.74) is 3.17. The first-order chi connectivity index (χ1) is 15.8. The minimum Gasteiger partial charge on any atom is -0.478 e. The number of nitrogens with zero attached hydrogens (tertiary/aromatic N) is 2. The summed E-state index contributed by atoms with van der Waals surface area (Å²) in [6, 6.07) is 14.2. The van der Waals surface area contributed by atoms with Crippen LogP contribution in [-0.4, -0.2) is 42.2 Å². The van der Waals surface area contributed by atoms with Gasteiger partial charge in [-0.05, 0) is 62.4 Å². The van der Waals surface area contributed by atoms with Crippen LogP contribution in [0.3, 0.4) is 0 Å². The molecule has 0 amide bonds. The van der Waals surface area contributed by atoms with Crippen LogP contribution in [0, 0.1) is 5.92 Å². The van der Waals surface area contributed by atoms with Gasteiger partial charge in [0.2, 0.25) is 5.43 Å². The van der Waals surface area contributed by atoms with Gasteiger partial charge in [0.25, 0.3) is 0 Å². The Morgan fingerprint density at radius 3 is 2.75 bits per heavy atom. The highest BCUT2D eigenvalue weighted by atomic mass is 16.5. The molecule has 0 saturated carbocycles. The number of rotatable bonds is 3. The molecular formula is C27H30N2O3. The molecule has 1 aromatic heterocycles. The molecule has 0 N–H and O–H groups in total. The van der Waals surface area contributed by atoms with Crippen molar-refractivity contribution < 1.29 is 9.15 Å². The van der Waals surface area contributed by atoms with Crippen molar-refractivity contribution in [3.63, 3.8) is 0 Å². The molecule has 5 heteroatoms. The van der Waals surface area contributed by atoms with Gasteiger partial charge in [-0.15, -0.1) is 0 Å². The SMILES string of the molecule is O=c1c(-c2ccccc2)coc2c3c(ccc12)OCN(C[C@@H]1CCCN2CCCC[C@@H]12)C3. The van der Waals surface area contributed by atoms with E-state index in [4.69, 9.17) is 9.15 Å². The second kappa shape index (κ2) is 8.38. The lowest BCUT2D eigenvalue weighted by Gasteiger charge is -2.46. The molecule has 6 rings (SSSR count). The molecule has 2 fully saturated rings. The summed E-state index contributed by atoms with van der Waals surface area (Å²) in [4.78, 5) is 18.4. The van der Waals surface area contributed by atoms with E-state index in [1.165, 1.54) is 45.2 Å². The molecule has 5 nitrogen and oxygen atoms in total. The Hall–Kier alpha value is -2.63. The Bertz CT molecular complexity index is 1170. The summed E-state index contributed by atoms with van der Waals surface area (Å²) in [7, 11) is 0. The van der Waals surface area contributed by atoms with E-state index in [1.807, 2.05) is 42.5 Å². The topological polar surface area (TPSA) is 45.9 Å².